The number of hydrogen-bond acceptors (Lipinski definition) is 4. The van der Waals surface area contributed by atoms with Gasteiger partial charge in [-0.3, -0.25) is 4.79 Å². The second kappa shape index (κ2) is 5.58. The zero-order valence-corrected chi connectivity index (χ0v) is 12.0. The van der Waals surface area contributed by atoms with E-state index in [9.17, 15) is 13.2 Å². The Balaban J connectivity index is 3.21. The molecule has 0 saturated carbocycles. The van der Waals surface area contributed by atoms with Crippen LogP contribution in [0.15, 0.2) is 29.2 Å². The van der Waals surface area contributed by atoms with Crippen molar-refractivity contribution in [2.24, 2.45) is 5.73 Å². The van der Waals surface area contributed by atoms with Crippen molar-refractivity contribution in [2.75, 3.05) is 11.9 Å². The Bertz CT molecular complexity index is 567. The highest BCUT2D eigenvalue weighted by Crippen LogP contribution is 2.23. The van der Waals surface area contributed by atoms with E-state index in [-0.39, 0.29) is 11.4 Å². The number of nitrogens with one attached hydrogen (secondary N) is 2. The van der Waals surface area contributed by atoms with E-state index in [0.29, 0.717) is 5.69 Å². The lowest BCUT2D eigenvalue weighted by Gasteiger charge is -2.25. The van der Waals surface area contributed by atoms with E-state index in [2.05, 4.69) is 10.0 Å². The van der Waals surface area contributed by atoms with Gasteiger partial charge < -0.3 is 11.1 Å². The molecule has 0 aliphatic heterocycles. The third kappa shape index (κ3) is 3.68. The molecule has 0 spiro atoms. The van der Waals surface area contributed by atoms with Crippen LogP contribution >= 0.6 is 0 Å². The Kier molecular flexibility index (Phi) is 4.54. The van der Waals surface area contributed by atoms with E-state index in [1.54, 1.807) is 39.0 Å². The van der Waals surface area contributed by atoms with Crippen LogP contribution in [-0.2, 0) is 14.8 Å². The summed E-state index contributed by atoms with van der Waals surface area (Å²) in [6.45, 7) is 5.16. The molecular formula is C12H19N3O3S. The van der Waals surface area contributed by atoms with Gasteiger partial charge in [0.15, 0.2) is 0 Å². The summed E-state index contributed by atoms with van der Waals surface area (Å²) >= 11 is 0. The minimum absolute atomic E-state index is 0.0891. The summed E-state index contributed by atoms with van der Waals surface area (Å²) in [6, 6.07) is 6.36. The molecule has 1 aromatic carbocycles. The quantitative estimate of drug-likeness (QED) is 0.714. The maximum absolute atomic E-state index is 12.0. The highest BCUT2D eigenvalue weighted by Gasteiger charge is 2.27. The number of sulfonamides is 1. The van der Waals surface area contributed by atoms with Crippen LogP contribution in [0.2, 0.25) is 0 Å². The Morgan fingerprint density at radius 1 is 1.32 bits per heavy atom. The molecular weight excluding hydrogens is 266 g/mol. The maximum atomic E-state index is 12.0. The Labute approximate surface area is 113 Å². The van der Waals surface area contributed by atoms with Gasteiger partial charge in [-0.25, -0.2) is 13.1 Å². The fourth-order valence-corrected chi connectivity index (χ4v) is 2.67. The standard InChI is InChI=1S/C12H19N3O3S/c1-4-14-19(17,18)10-8-6-5-7-9(10)15-12(2,3)11(13)16/h5-8,14-15H,4H2,1-3H3,(H2,13,16). The number of carbonyl (C=O) groups is 1. The van der Waals surface area contributed by atoms with Crippen LogP contribution in [0.5, 0.6) is 0 Å². The summed E-state index contributed by atoms with van der Waals surface area (Å²) < 4.78 is 26.5. The average molecular weight is 285 g/mol. The molecule has 0 unspecified atom stereocenters. The number of primary amides is 1. The van der Waals surface area contributed by atoms with Gasteiger partial charge in [0.1, 0.15) is 10.4 Å². The molecule has 0 bridgehead atoms. The van der Waals surface area contributed by atoms with Gasteiger partial charge in [0, 0.05) is 6.54 Å². The molecule has 0 aromatic heterocycles. The molecule has 0 aliphatic rings. The van der Waals surface area contributed by atoms with E-state index in [1.807, 2.05) is 0 Å². The smallest absolute Gasteiger partial charge is 0.242 e. The highest BCUT2D eigenvalue weighted by molar-refractivity contribution is 7.89. The number of hydrogen-bond donors (Lipinski definition) is 3. The minimum Gasteiger partial charge on any atom is -0.371 e. The Morgan fingerprint density at radius 2 is 1.89 bits per heavy atom. The number of para-hydroxylation sites is 1. The maximum Gasteiger partial charge on any atom is 0.242 e. The summed E-state index contributed by atoms with van der Waals surface area (Å²) in [6.07, 6.45) is 0. The van der Waals surface area contributed by atoms with Crippen LogP contribution in [0.25, 0.3) is 0 Å². The Hall–Kier alpha value is -1.60. The summed E-state index contributed by atoms with van der Waals surface area (Å²) in [5, 5.41) is 2.86. The van der Waals surface area contributed by atoms with E-state index in [1.165, 1.54) is 6.07 Å². The van der Waals surface area contributed by atoms with Gasteiger partial charge in [-0.05, 0) is 26.0 Å². The molecule has 0 heterocycles. The monoisotopic (exact) mass is 285 g/mol. The lowest BCUT2D eigenvalue weighted by molar-refractivity contribution is -0.121. The van der Waals surface area contributed by atoms with Gasteiger partial charge in [0.05, 0.1) is 5.69 Å². The number of benzene rings is 1. The molecule has 106 valence electrons. The van der Waals surface area contributed by atoms with Crippen LogP contribution in [-0.4, -0.2) is 26.4 Å². The zero-order chi connectivity index (χ0) is 14.7. The normalized spacial score (nSPS) is 12.2. The minimum atomic E-state index is -3.60. The molecule has 7 heteroatoms. The lowest BCUT2D eigenvalue weighted by Crippen LogP contribution is -2.45. The van der Waals surface area contributed by atoms with Gasteiger partial charge in [0.25, 0.3) is 0 Å². The molecule has 1 rings (SSSR count). The summed E-state index contributed by atoms with van der Waals surface area (Å²) in [5.74, 6) is -0.567. The molecule has 0 atom stereocenters. The molecule has 1 aromatic rings. The van der Waals surface area contributed by atoms with Gasteiger partial charge in [-0.2, -0.15) is 0 Å². The van der Waals surface area contributed by atoms with Gasteiger partial charge >= 0.3 is 0 Å². The predicted molar refractivity (Wildman–Crippen MR) is 74.2 cm³/mol. The molecule has 1 amide bonds. The van der Waals surface area contributed by atoms with Crippen molar-refractivity contribution in [3.63, 3.8) is 0 Å². The number of amides is 1. The second-order valence-corrected chi connectivity index (χ2v) is 6.35. The third-order valence-corrected chi connectivity index (χ3v) is 4.18. The Morgan fingerprint density at radius 3 is 2.42 bits per heavy atom. The van der Waals surface area contributed by atoms with Crippen molar-refractivity contribution in [2.45, 2.75) is 31.2 Å². The van der Waals surface area contributed by atoms with Crippen LogP contribution in [0.4, 0.5) is 5.69 Å². The van der Waals surface area contributed by atoms with E-state index in [0.717, 1.165) is 0 Å². The highest BCUT2D eigenvalue weighted by atomic mass is 32.2. The summed E-state index contributed by atoms with van der Waals surface area (Å²) in [4.78, 5) is 11.4. The largest absolute Gasteiger partial charge is 0.371 e. The van der Waals surface area contributed by atoms with Gasteiger partial charge in [0.2, 0.25) is 15.9 Å². The summed E-state index contributed by atoms with van der Waals surface area (Å²) in [7, 11) is -3.60. The molecule has 0 fully saturated rings. The molecule has 0 saturated heterocycles. The van der Waals surface area contributed by atoms with Crippen LogP contribution < -0.4 is 15.8 Å². The number of rotatable bonds is 6. The van der Waals surface area contributed by atoms with Crippen LogP contribution in [0.1, 0.15) is 20.8 Å². The van der Waals surface area contributed by atoms with Gasteiger partial charge in [-0.1, -0.05) is 19.1 Å². The van der Waals surface area contributed by atoms with E-state index in [4.69, 9.17) is 5.73 Å². The summed E-state index contributed by atoms with van der Waals surface area (Å²) in [5.41, 5.74) is 4.57. The van der Waals surface area contributed by atoms with Crippen molar-refractivity contribution >= 4 is 21.6 Å². The molecule has 6 nitrogen and oxygen atoms in total. The third-order valence-electron chi connectivity index (χ3n) is 2.57. The number of anilines is 1. The molecule has 0 radical (unpaired) electrons. The van der Waals surface area contributed by atoms with Crippen LogP contribution in [0.3, 0.4) is 0 Å². The first-order valence-electron chi connectivity index (χ1n) is 5.87. The van der Waals surface area contributed by atoms with Gasteiger partial charge in [-0.15, -0.1) is 0 Å². The van der Waals surface area contributed by atoms with Crippen molar-refractivity contribution in [3.8, 4) is 0 Å². The van der Waals surface area contributed by atoms with Crippen molar-refractivity contribution < 1.29 is 13.2 Å². The number of carbonyl (C=O) groups excluding carboxylic acids is 1. The second-order valence-electron chi connectivity index (χ2n) is 4.61. The van der Waals surface area contributed by atoms with E-state index < -0.39 is 21.5 Å². The fraction of sp³-hybridized carbons (Fsp3) is 0.417. The lowest BCUT2D eigenvalue weighted by atomic mass is 10.0. The van der Waals surface area contributed by atoms with Crippen molar-refractivity contribution in [1.82, 2.24) is 4.72 Å². The number of nitrogens with two attached hydrogens (primary N) is 1. The first kappa shape index (κ1) is 15.5. The van der Waals surface area contributed by atoms with Crippen molar-refractivity contribution in [1.29, 1.82) is 0 Å². The van der Waals surface area contributed by atoms with Crippen molar-refractivity contribution in [3.05, 3.63) is 24.3 Å². The zero-order valence-electron chi connectivity index (χ0n) is 11.2. The molecule has 4 N–H and O–H groups in total. The average Bonchev–Trinajstić information content (AvgIpc) is 2.28. The first-order valence-corrected chi connectivity index (χ1v) is 7.36. The molecule has 19 heavy (non-hydrogen) atoms. The first-order chi connectivity index (χ1) is 8.70. The molecule has 0 aliphatic carbocycles. The topological polar surface area (TPSA) is 101 Å². The predicted octanol–water partition coefficient (Wildman–Crippen LogP) is 0.661. The SMILES string of the molecule is CCNS(=O)(=O)c1ccccc1NC(C)(C)C(N)=O. The van der Waals surface area contributed by atoms with Crippen LogP contribution in [0, 0.1) is 0 Å². The van der Waals surface area contributed by atoms with E-state index >= 15 is 0 Å². The fourth-order valence-electron chi connectivity index (χ4n) is 1.47.